The molecule has 4 nitrogen and oxygen atoms in total. The summed E-state index contributed by atoms with van der Waals surface area (Å²) in [5.74, 6) is 8.02. The molecule has 1 aromatic carbocycles. The number of nitrogens with zero attached hydrogens (tertiary/aromatic N) is 2. The van der Waals surface area contributed by atoms with Crippen LogP contribution in [-0.4, -0.2) is 9.66 Å². The van der Waals surface area contributed by atoms with E-state index in [2.05, 4.69) is 28.9 Å². The first kappa shape index (κ1) is 13.5. The fourth-order valence-electron chi connectivity index (χ4n) is 2.89. The summed E-state index contributed by atoms with van der Waals surface area (Å²) in [5.41, 5.74) is 9.13. The van der Waals surface area contributed by atoms with Crippen molar-refractivity contribution >= 4 is 21.7 Å². The first-order valence-electron chi connectivity index (χ1n) is 6.97. The van der Waals surface area contributed by atoms with Gasteiger partial charge >= 0.3 is 0 Å². The fourth-order valence-corrected chi connectivity index (χ4v) is 3.27. The zero-order chi connectivity index (χ0) is 14.3. The van der Waals surface area contributed by atoms with Gasteiger partial charge in [-0.05, 0) is 31.4 Å². The number of aromatic nitrogens is 2. The van der Waals surface area contributed by atoms with Crippen LogP contribution in [0.15, 0.2) is 22.7 Å². The molecular weight excluding hydrogens is 316 g/mol. The molecule has 106 valence electrons. The zero-order valence-electron chi connectivity index (χ0n) is 11.6. The number of rotatable bonds is 2. The van der Waals surface area contributed by atoms with Crippen molar-refractivity contribution in [3.8, 4) is 11.3 Å². The molecule has 4 N–H and O–H groups in total. The predicted molar refractivity (Wildman–Crippen MR) is 85.9 cm³/mol. The number of nitrogens with two attached hydrogens (primary N) is 2. The van der Waals surface area contributed by atoms with Crippen LogP contribution in [-0.2, 0) is 0 Å². The van der Waals surface area contributed by atoms with E-state index in [9.17, 15) is 0 Å². The van der Waals surface area contributed by atoms with Crippen LogP contribution in [0.25, 0.3) is 11.3 Å². The topological polar surface area (TPSA) is 69.9 Å². The number of nitrogen functional groups attached to an aromatic ring is 2. The summed E-state index contributed by atoms with van der Waals surface area (Å²) in [6, 6.07) is 6.15. The second kappa shape index (κ2) is 5.13. The minimum Gasteiger partial charge on any atom is -0.382 e. The summed E-state index contributed by atoms with van der Waals surface area (Å²) in [6.07, 6.45) is 4.82. The van der Waals surface area contributed by atoms with Crippen LogP contribution in [0.4, 0.5) is 5.82 Å². The molecule has 2 aromatic rings. The third kappa shape index (κ3) is 2.20. The number of imidazole rings is 1. The second-order valence-corrected chi connectivity index (χ2v) is 6.37. The van der Waals surface area contributed by atoms with E-state index >= 15 is 0 Å². The monoisotopic (exact) mass is 334 g/mol. The molecule has 0 atom stereocenters. The van der Waals surface area contributed by atoms with Crippen molar-refractivity contribution in [1.29, 1.82) is 0 Å². The Morgan fingerprint density at radius 2 is 2.00 bits per heavy atom. The SMILES string of the molecule is Cc1ccc(-c2nc(C3CCCC3)n(N)c2N)cc1Br. The highest BCUT2D eigenvalue weighted by atomic mass is 79.9. The quantitative estimate of drug-likeness (QED) is 0.824. The van der Waals surface area contributed by atoms with Gasteiger partial charge in [-0.2, -0.15) is 0 Å². The molecule has 0 spiro atoms. The number of hydrogen-bond acceptors (Lipinski definition) is 3. The van der Waals surface area contributed by atoms with Crippen LogP contribution in [0.2, 0.25) is 0 Å². The van der Waals surface area contributed by atoms with E-state index in [4.69, 9.17) is 16.6 Å². The van der Waals surface area contributed by atoms with Gasteiger partial charge in [0.25, 0.3) is 0 Å². The van der Waals surface area contributed by atoms with Crippen LogP contribution in [0.5, 0.6) is 0 Å². The van der Waals surface area contributed by atoms with Crippen molar-refractivity contribution in [3.63, 3.8) is 0 Å². The predicted octanol–water partition coefficient (Wildman–Crippen LogP) is 3.57. The summed E-state index contributed by atoms with van der Waals surface area (Å²) in [6.45, 7) is 2.06. The van der Waals surface area contributed by atoms with E-state index in [-0.39, 0.29) is 0 Å². The lowest BCUT2D eigenvalue weighted by molar-refractivity contribution is 0.648. The molecule has 0 unspecified atom stereocenters. The Hall–Kier alpha value is -1.49. The Kier molecular flexibility index (Phi) is 3.46. The van der Waals surface area contributed by atoms with Gasteiger partial charge in [-0.1, -0.05) is 40.9 Å². The molecule has 3 rings (SSSR count). The Labute approximate surface area is 127 Å². The van der Waals surface area contributed by atoms with Crippen molar-refractivity contribution in [1.82, 2.24) is 9.66 Å². The standard InChI is InChI=1S/C15H19BrN4/c1-9-6-7-11(8-12(9)16)13-14(17)20(18)15(19-13)10-4-2-3-5-10/h6-8,10H,2-5,17-18H2,1H3. The van der Waals surface area contributed by atoms with Crippen molar-refractivity contribution in [2.45, 2.75) is 38.5 Å². The van der Waals surface area contributed by atoms with E-state index < -0.39 is 0 Å². The van der Waals surface area contributed by atoms with Crippen molar-refractivity contribution in [2.24, 2.45) is 0 Å². The van der Waals surface area contributed by atoms with Crippen LogP contribution in [0, 0.1) is 6.92 Å². The molecular formula is C15H19BrN4. The minimum atomic E-state index is 0.449. The van der Waals surface area contributed by atoms with Crippen LogP contribution >= 0.6 is 15.9 Å². The van der Waals surface area contributed by atoms with Gasteiger partial charge in [0.2, 0.25) is 0 Å². The Bertz CT molecular complexity index is 642. The molecule has 1 aromatic heterocycles. The summed E-state index contributed by atoms with van der Waals surface area (Å²) >= 11 is 3.55. The Morgan fingerprint density at radius 1 is 1.30 bits per heavy atom. The molecule has 1 heterocycles. The highest BCUT2D eigenvalue weighted by molar-refractivity contribution is 9.10. The van der Waals surface area contributed by atoms with Gasteiger partial charge in [-0.15, -0.1) is 0 Å². The number of benzene rings is 1. The number of anilines is 1. The highest BCUT2D eigenvalue weighted by Crippen LogP contribution is 2.37. The van der Waals surface area contributed by atoms with Gasteiger partial charge in [0.1, 0.15) is 11.5 Å². The highest BCUT2D eigenvalue weighted by Gasteiger charge is 2.25. The normalized spacial score (nSPS) is 15.9. The molecule has 0 amide bonds. The number of aryl methyl sites for hydroxylation is 1. The number of hydrogen-bond donors (Lipinski definition) is 2. The van der Waals surface area contributed by atoms with Gasteiger partial charge in [-0.3, -0.25) is 0 Å². The van der Waals surface area contributed by atoms with E-state index in [0.29, 0.717) is 11.7 Å². The lowest BCUT2D eigenvalue weighted by atomic mass is 10.1. The molecule has 0 radical (unpaired) electrons. The zero-order valence-corrected chi connectivity index (χ0v) is 13.2. The second-order valence-electron chi connectivity index (χ2n) is 5.52. The Balaban J connectivity index is 2.05. The van der Waals surface area contributed by atoms with Crippen LogP contribution in [0.1, 0.15) is 43.0 Å². The van der Waals surface area contributed by atoms with Crippen molar-refractivity contribution in [3.05, 3.63) is 34.1 Å². The average molecular weight is 335 g/mol. The van der Waals surface area contributed by atoms with Gasteiger partial charge in [-0.25, -0.2) is 9.66 Å². The van der Waals surface area contributed by atoms with E-state index in [1.54, 1.807) is 4.68 Å². The maximum atomic E-state index is 6.15. The fraction of sp³-hybridized carbons (Fsp3) is 0.400. The maximum absolute atomic E-state index is 6.15. The molecule has 1 fully saturated rings. The third-order valence-electron chi connectivity index (χ3n) is 4.14. The Morgan fingerprint density at radius 3 is 2.65 bits per heavy atom. The van der Waals surface area contributed by atoms with Gasteiger partial charge in [0, 0.05) is 16.0 Å². The molecule has 5 heteroatoms. The molecule has 20 heavy (non-hydrogen) atoms. The number of halogens is 1. The summed E-state index contributed by atoms with van der Waals surface area (Å²) in [5, 5.41) is 0. The summed E-state index contributed by atoms with van der Waals surface area (Å²) < 4.78 is 2.63. The molecule has 1 saturated carbocycles. The summed E-state index contributed by atoms with van der Waals surface area (Å²) in [4.78, 5) is 4.72. The average Bonchev–Trinajstić information content (AvgIpc) is 3.04. The van der Waals surface area contributed by atoms with Gasteiger partial charge in [0.15, 0.2) is 5.82 Å². The molecule has 0 aliphatic heterocycles. The van der Waals surface area contributed by atoms with E-state index in [1.807, 2.05) is 12.1 Å². The first-order chi connectivity index (χ1) is 9.58. The third-order valence-corrected chi connectivity index (χ3v) is 5.00. The lowest BCUT2D eigenvalue weighted by Gasteiger charge is -2.08. The van der Waals surface area contributed by atoms with Gasteiger partial charge in [0.05, 0.1) is 0 Å². The molecule has 0 saturated heterocycles. The van der Waals surface area contributed by atoms with E-state index in [1.165, 1.54) is 18.4 Å². The first-order valence-corrected chi connectivity index (χ1v) is 7.77. The smallest absolute Gasteiger partial charge is 0.150 e. The molecule has 0 bridgehead atoms. The molecule has 1 aliphatic carbocycles. The minimum absolute atomic E-state index is 0.449. The van der Waals surface area contributed by atoms with E-state index in [0.717, 1.165) is 34.4 Å². The summed E-state index contributed by atoms with van der Waals surface area (Å²) in [7, 11) is 0. The van der Waals surface area contributed by atoms with Crippen molar-refractivity contribution < 1.29 is 0 Å². The van der Waals surface area contributed by atoms with Crippen LogP contribution < -0.4 is 11.6 Å². The van der Waals surface area contributed by atoms with Crippen molar-refractivity contribution in [2.75, 3.05) is 11.6 Å². The lowest BCUT2D eigenvalue weighted by Crippen LogP contribution is -2.17. The largest absolute Gasteiger partial charge is 0.382 e. The molecule has 1 aliphatic rings. The van der Waals surface area contributed by atoms with Crippen LogP contribution in [0.3, 0.4) is 0 Å². The van der Waals surface area contributed by atoms with Gasteiger partial charge < -0.3 is 11.6 Å². The maximum Gasteiger partial charge on any atom is 0.150 e.